The Hall–Kier alpha value is -2.09. The second-order valence-electron chi connectivity index (χ2n) is 4.35. The predicted octanol–water partition coefficient (Wildman–Crippen LogP) is 3.69. The molecule has 0 aromatic heterocycles. The zero-order valence-electron chi connectivity index (χ0n) is 10.6. The van der Waals surface area contributed by atoms with Crippen molar-refractivity contribution in [3.8, 4) is 5.75 Å². The second kappa shape index (κ2) is 5.50. The van der Waals surface area contributed by atoms with Crippen LogP contribution in [-0.4, -0.2) is 6.29 Å². The topological polar surface area (TPSA) is 26.3 Å². The predicted molar refractivity (Wildman–Crippen MR) is 72.1 cm³/mol. The van der Waals surface area contributed by atoms with Gasteiger partial charge in [-0.2, -0.15) is 0 Å². The molecule has 18 heavy (non-hydrogen) atoms. The summed E-state index contributed by atoms with van der Waals surface area (Å²) in [5, 5.41) is 0. The number of carbonyl (C=O) groups is 1. The Balaban J connectivity index is 2.09. The summed E-state index contributed by atoms with van der Waals surface area (Å²) in [4.78, 5) is 10.5. The van der Waals surface area contributed by atoms with Gasteiger partial charge in [0, 0.05) is 5.56 Å². The first kappa shape index (κ1) is 12.4. The molecule has 0 atom stereocenters. The van der Waals surface area contributed by atoms with E-state index < -0.39 is 0 Å². The monoisotopic (exact) mass is 240 g/mol. The molecule has 0 fully saturated rings. The smallest absolute Gasteiger partial charge is 0.150 e. The summed E-state index contributed by atoms with van der Waals surface area (Å²) < 4.78 is 5.74. The minimum Gasteiger partial charge on any atom is -0.489 e. The van der Waals surface area contributed by atoms with Crippen molar-refractivity contribution in [3.05, 3.63) is 64.7 Å². The molecule has 0 saturated carbocycles. The molecule has 0 unspecified atom stereocenters. The third-order valence-corrected chi connectivity index (χ3v) is 3.04. The summed E-state index contributed by atoms with van der Waals surface area (Å²) in [7, 11) is 0. The van der Waals surface area contributed by atoms with Gasteiger partial charge in [-0.25, -0.2) is 0 Å². The van der Waals surface area contributed by atoms with E-state index in [0.717, 1.165) is 12.0 Å². The summed E-state index contributed by atoms with van der Waals surface area (Å²) in [5.41, 5.74) is 4.35. The van der Waals surface area contributed by atoms with Crippen LogP contribution in [0.2, 0.25) is 0 Å². The van der Waals surface area contributed by atoms with Crippen LogP contribution < -0.4 is 4.74 Å². The number of hydrogen-bond acceptors (Lipinski definition) is 2. The standard InChI is InChI=1S/C16H16O2/c1-12-4-3-5-13(2)16(12)11-18-15-8-6-14(10-17)7-9-15/h3-10H,11H2,1-2H3. The number of carbonyl (C=O) groups excluding carboxylic acids is 1. The molecule has 0 heterocycles. The first-order valence-electron chi connectivity index (χ1n) is 5.94. The van der Waals surface area contributed by atoms with Crippen LogP contribution in [0.4, 0.5) is 0 Å². The zero-order valence-corrected chi connectivity index (χ0v) is 10.6. The van der Waals surface area contributed by atoms with Gasteiger partial charge in [-0.15, -0.1) is 0 Å². The van der Waals surface area contributed by atoms with E-state index in [2.05, 4.69) is 26.0 Å². The largest absolute Gasteiger partial charge is 0.489 e. The first-order chi connectivity index (χ1) is 8.70. The molecule has 0 saturated heterocycles. The molecule has 0 aliphatic rings. The normalized spacial score (nSPS) is 10.1. The minimum atomic E-state index is 0.555. The minimum absolute atomic E-state index is 0.555. The van der Waals surface area contributed by atoms with Crippen LogP contribution in [0.5, 0.6) is 5.75 Å². The van der Waals surface area contributed by atoms with Crippen molar-refractivity contribution in [1.29, 1.82) is 0 Å². The third kappa shape index (κ3) is 2.77. The summed E-state index contributed by atoms with van der Waals surface area (Å²) >= 11 is 0. The Bertz CT molecular complexity index is 521. The van der Waals surface area contributed by atoms with Crippen LogP contribution in [0.3, 0.4) is 0 Å². The molecule has 0 N–H and O–H groups in total. The number of aryl methyl sites for hydroxylation is 2. The maximum absolute atomic E-state index is 10.5. The fourth-order valence-electron chi connectivity index (χ4n) is 1.87. The van der Waals surface area contributed by atoms with Crippen molar-refractivity contribution in [2.24, 2.45) is 0 Å². The molecule has 2 nitrogen and oxygen atoms in total. The molecule has 0 aliphatic heterocycles. The van der Waals surface area contributed by atoms with Crippen molar-refractivity contribution in [2.45, 2.75) is 20.5 Å². The van der Waals surface area contributed by atoms with Gasteiger partial charge in [-0.3, -0.25) is 4.79 Å². The fourth-order valence-corrected chi connectivity index (χ4v) is 1.87. The van der Waals surface area contributed by atoms with Gasteiger partial charge in [-0.1, -0.05) is 18.2 Å². The molecule has 0 radical (unpaired) electrons. The lowest BCUT2D eigenvalue weighted by molar-refractivity contribution is 0.112. The summed E-state index contributed by atoms with van der Waals surface area (Å²) in [6, 6.07) is 13.4. The molecular formula is C16H16O2. The first-order valence-corrected chi connectivity index (χ1v) is 5.94. The Morgan fingerprint density at radius 1 is 1.00 bits per heavy atom. The van der Waals surface area contributed by atoms with Crippen molar-refractivity contribution in [2.75, 3.05) is 0 Å². The summed E-state index contributed by atoms with van der Waals surface area (Å²) in [5.74, 6) is 0.781. The van der Waals surface area contributed by atoms with E-state index in [9.17, 15) is 4.79 Å². The number of aldehydes is 1. The average Bonchev–Trinajstić information content (AvgIpc) is 2.39. The van der Waals surface area contributed by atoms with Crippen LogP contribution in [0.1, 0.15) is 27.0 Å². The molecule has 2 heteroatoms. The Labute approximate surface area is 107 Å². The van der Waals surface area contributed by atoms with E-state index in [0.29, 0.717) is 12.2 Å². The molecule has 0 spiro atoms. The quantitative estimate of drug-likeness (QED) is 0.762. The average molecular weight is 240 g/mol. The van der Waals surface area contributed by atoms with Crippen molar-refractivity contribution >= 4 is 6.29 Å². The fraction of sp³-hybridized carbons (Fsp3) is 0.188. The second-order valence-corrected chi connectivity index (χ2v) is 4.35. The van der Waals surface area contributed by atoms with Gasteiger partial charge in [0.1, 0.15) is 18.6 Å². The van der Waals surface area contributed by atoms with Gasteiger partial charge < -0.3 is 4.74 Å². The van der Waals surface area contributed by atoms with Gasteiger partial charge in [-0.05, 0) is 54.8 Å². The highest BCUT2D eigenvalue weighted by Crippen LogP contribution is 2.17. The molecule has 2 rings (SSSR count). The van der Waals surface area contributed by atoms with Gasteiger partial charge in [0.05, 0.1) is 0 Å². The number of hydrogen-bond donors (Lipinski definition) is 0. The van der Waals surface area contributed by atoms with Crippen LogP contribution in [0.25, 0.3) is 0 Å². The number of benzene rings is 2. The van der Waals surface area contributed by atoms with Crippen LogP contribution in [0, 0.1) is 13.8 Å². The highest BCUT2D eigenvalue weighted by Gasteiger charge is 2.03. The molecule has 0 aliphatic carbocycles. The maximum atomic E-state index is 10.5. The number of ether oxygens (including phenoxy) is 1. The summed E-state index contributed by atoms with van der Waals surface area (Å²) in [6.45, 7) is 4.72. The van der Waals surface area contributed by atoms with Crippen LogP contribution in [0.15, 0.2) is 42.5 Å². The van der Waals surface area contributed by atoms with E-state index in [-0.39, 0.29) is 0 Å². The van der Waals surface area contributed by atoms with E-state index in [1.54, 1.807) is 12.1 Å². The molecule has 2 aromatic rings. The highest BCUT2D eigenvalue weighted by molar-refractivity contribution is 5.74. The van der Waals surface area contributed by atoms with Gasteiger partial charge in [0.25, 0.3) is 0 Å². The Morgan fingerprint density at radius 2 is 1.61 bits per heavy atom. The van der Waals surface area contributed by atoms with Crippen LogP contribution in [-0.2, 0) is 6.61 Å². The van der Waals surface area contributed by atoms with Crippen molar-refractivity contribution in [1.82, 2.24) is 0 Å². The lowest BCUT2D eigenvalue weighted by Gasteiger charge is -2.11. The van der Waals surface area contributed by atoms with E-state index in [1.165, 1.54) is 16.7 Å². The third-order valence-electron chi connectivity index (χ3n) is 3.04. The Kier molecular flexibility index (Phi) is 3.78. The molecule has 2 aromatic carbocycles. The highest BCUT2D eigenvalue weighted by atomic mass is 16.5. The van der Waals surface area contributed by atoms with E-state index in [4.69, 9.17) is 4.74 Å². The van der Waals surface area contributed by atoms with Gasteiger partial charge >= 0.3 is 0 Å². The van der Waals surface area contributed by atoms with Gasteiger partial charge in [0.2, 0.25) is 0 Å². The van der Waals surface area contributed by atoms with Crippen molar-refractivity contribution < 1.29 is 9.53 Å². The molecule has 0 bridgehead atoms. The molecular weight excluding hydrogens is 224 g/mol. The Morgan fingerprint density at radius 3 is 2.17 bits per heavy atom. The lowest BCUT2D eigenvalue weighted by atomic mass is 10.0. The zero-order chi connectivity index (χ0) is 13.0. The van der Waals surface area contributed by atoms with Crippen molar-refractivity contribution in [3.63, 3.8) is 0 Å². The molecule has 0 amide bonds. The maximum Gasteiger partial charge on any atom is 0.150 e. The van der Waals surface area contributed by atoms with E-state index >= 15 is 0 Å². The lowest BCUT2D eigenvalue weighted by Crippen LogP contribution is -2.00. The van der Waals surface area contributed by atoms with Crippen LogP contribution >= 0.6 is 0 Å². The van der Waals surface area contributed by atoms with Gasteiger partial charge in [0.15, 0.2) is 0 Å². The molecule has 92 valence electrons. The SMILES string of the molecule is Cc1cccc(C)c1COc1ccc(C=O)cc1. The summed E-state index contributed by atoms with van der Waals surface area (Å²) in [6.07, 6.45) is 0.829. The number of rotatable bonds is 4. The van der Waals surface area contributed by atoms with E-state index in [1.807, 2.05) is 18.2 Å².